The van der Waals surface area contributed by atoms with E-state index in [1.54, 1.807) is 36.4 Å². The lowest BCUT2D eigenvalue weighted by Crippen LogP contribution is -2.13. The van der Waals surface area contributed by atoms with E-state index in [4.69, 9.17) is 16.3 Å². The Bertz CT molecular complexity index is 1140. The molecule has 0 unspecified atom stereocenters. The fourth-order valence-corrected chi connectivity index (χ4v) is 3.25. The number of hydrogen-bond acceptors (Lipinski definition) is 4. The van der Waals surface area contributed by atoms with Crippen LogP contribution in [0.3, 0.4) is 0 Å². The first-order valence-corrected chi connectivity index (χ1v) is 10.0. The van der Waals surface area contributed by atoms with Crippen LogP contribution in [0.4, 0.5) is 5.69 Å². The van der Waals surface area contributed by atoms with Crippen molar-refractivity contribution in [1.29, 1.82) is 5.26 Å². The van der Waals surface area contributed by atoms with E-state index < -0.39 is 5.91 Å². The summed E-state index contributed by atoms with van der Waals surface area (Å²) in [5.74, 6) is 0.156. The molecule has 0 aliphatic rings. The summed E-state index contributed by atoms with van der Waals surface area (Å²) in [5.41, 5.74) is 1.94. The van der Waals surface area contributed by atoms with Crippen LogP contribution in [0, 0.1) is 11.3 Å². The first-order valence-electron chi connectivity index (χ1n) is 8.84. The number of nitriles is 1. The van der Waals surface area contributed by atoms with Crippen molar-refractivity contribution >= 4 is 45.2 Å². The third-order valence-corrected chi connectivity index (χ3v) is 5.09. The standard InChI is InChI=1S/C23H16BrClN2O3/c24-20-12-15(5-10-22(20)30-14-16-3-1-2-4-21(16)25)11-17(13-26)23(29)27-18-6-8-19(28)9-7-18/h1-12,28H,14H2,(H,27,29). The molecule has 150 valence electrons. The molecule has 0 radical (unpaired) electrons. The molecule has 0 aliphatic heterocycles. The Balaban J connectivity index is 1.71. The van der Waals surface area contributed by atoms with Gasteiger partial charge >= 0.3 is 0 Å². The van der Waals surface area contributed by atoms with Crippen LogP contribution in [-0.2, 0) is 11.4 Å². The Labute approximate surface area is 187 Å². The lowest BCUT2D eigenvalue weighted by Gasteiger charge is -2.10. The van der Waals surface area contributed by atoms with E-state index in [9.17, 15) is 15.2 Å². The van der Waals surface area contributed by atoms with Gasteiger partial charge in [-0.05, 0) is 70.0 Å². The van der Waals surface area contributed by atoms with Crippen molar-refractivity contribution in [2.24, 2.45) is 0 Å². The van der Waals surface area contributed by atoms with Crippen LogP contribution in [0.5, 0.6) is 11.5 Å². The van der Waals surface area contributed by atoms with Crippen LogP contribution in [0.15, 0.2) is 76.8 Å². The summed E-state index contributed by atoms with van der Waals surface area (Å²) in [6.07, 6.45) is 1.48. The number of benzene rings is 3. The maximum Gasteiger partial charge on any atom is 0.266 e. The van der Waals surface area contributed by atoms with Gasteiger partial charge in [-0.3, -0.25) is 4.79 Å². The Morgan fingerprint density at radius 3 is 2.57 bits per heavy atom. The highest BCUT2D eigenvalue weighted by Gasteiger charge is 2.11. The average Bonchev–Trinajstić information content (AvgIpc) is 2.74. The van der Waals surface area contributed by atoms with Crippen LogP contribution in [0.1, 0.15) is 11.1 Å². The fourth-order valence-electron chi connectivity index (χ4n) is 2.55. The molecule has 5 nitrogen and oxygen atoms in total. The number of anilines is 1. The molecule has 30 heavy (non-hydrogen) atoms. The zero-order chi connectivity index (χ0) is 21.5. The highest BCUT2D eigenvalue weighted by molar-refractivity contribution is 9.10. The number of halogens is 2. The number of amides is 1. The van der Waals surface area contributed by atoms with Gasteiger partial charge in [-0.25, -0.2) is 0 Å². The minimum absolute atomic E-state index is 0.0558. The van der Waals surface area contributed by atoms with E-state index in [1.807, 2.05) is 24.3 Å². The number of carbonyl (C=O) groups is 1. The molecule has 3 aromatic rings. The zero-order valence-corrected chi connectivity index (χ0v) is 17.9. The summed E-state index contributed by atoms with van der Waals surface area (Å²) in [5, 5.41) is 21.9. The first kappa shape index (κ1) is 21.4. The molecule has 0 saturated heterocycles. The molecule has 0 heterocycles. The predicted octanol–water partition coefficient (Wildman–Crippen LogP) is 5.93. The van der Waals surface area contributed by atoms with Crippen LogP contribution in [-0.4, -0.2) is 11.0 Å². The number of hydrogen-bond donors (Lipinski definition) is 2. The zero-order valence-electron chi connectivity index (χ0n) is 15.6. The quantitative estimate of drug-likeness (QED) is 0.258. The fraction of sp³-hybridized carbons (Fsp3) is 0.0435. The third-order valence-electron chi connectivity index (χ3n) is 4.10. The largest absolute Gasteiger partial charge is 0.508 e. The van der Waals surface area contributed by atoms with Gasteiger partial charge in [0.25, 0.3) is 5.91 Å². The predicted molar refractivity (Wildman–Crippen MR) is 120 cm³/mol. The van der Waals surface area contributed by atoms with Crippen molar-refractivity contribution < 1.29 is 14.6 Å². The Morgan fingerprint density at radius 1 is 1.17 bits per heavy atom. The third kappa shape index (κ3) is 5.63. The van der Waals surface area contributed by atoms with Gasteiger partial charge in [0.05, 0.1) is 4.47 Å². The Morgan fingerprint density at radius 2 is 1.90 bits per heavy atom. The minimum Gasteiger partial charge on any atom is -0.508 e. The SMILES string of the molecule is N#CC(=Cc1ccc(OCc2ccccc2Cl)c(Br)c1)C(=O)Nc1ccc(O)cc1. The van der Waals surface area contributed by atoms with E-state index >= 15 is 0 Å². The number of carbonyl (C=O) groups excluding carboxylic acids is 1. The minimum atomic E-state index is -0.543. The topological polar surface area (TPSA) is 82.3 Å². The lowest BCUT2D eigenvalue weighted by molar-refractivity contribution is -0.112. The summed E-state index contributed by atoms with van der Waals surface area (Å²) in [6, 6.07) is 20.6. The number of aromatic hydroxyl groups is 1. The number of rotatable bonds is 6. The van der Waals surface area contributed by atoms with Crippen molar-refractivity contribution in [3.8, 4) is 17.6 Å². The highest BCUT2D eigenvalue weighted by atomic mass is 79.9. The van der Waals surface area contributed by atoms with Crippen molar-refractivity contribution in [2.75, 3.05) is 5.32 Å². The van der Waals surface area contributed by atoms with Gasteiger partial charge in [-0.1, -0.05) is 35.9 Å². The van der Waals surface area contributed by atoms with E-state index in [1.165, 1.54) is 18.2 Å². The second-order valence-electron chi connectivity index (χ2n) is 6.24. The van der Waals surface area contributed by atoms with Crippen molar-refractivity contribution in [2.45, 2.75) is 6.61 Å². The van der Waals surface area contributed by atoms with Crippen molar-refractivity contribution in [3.05, 3.63) is 92.9 Å². The molecule has 7 heteroatoms. The molecule has 0 fully saturated rings. The number of phenolic OH excluding ortho intramolecular Hbond substituents is 1. The van der Waals surface area contributed by atoms with Gasteiger partial charge in [-0.2, -0.15) is 5.26 Å². The van der Waals surface area contributed by atoms with Crippen LogP contribution < -0.4 is 10.1 Å². The van der Waals surface area contributed by atoms with Gasteiger partial charge < -0.3 is 15.2 Å². The van der Waals surface area contributed by atoms with Crippen LogP contribution in [0.2, 0.25) is 5.02 Å². The molecule has 0 saturated carbocycles. The molecular weight excluding hydrogens is 468 g/mol. The van der Waals surface area contributed by atoms with Gasteiger partial charge in [0.15, 0.2) is 0 Å². The molecule has 0 atom stereocenters. The van der Waals surface area contributed by atoms with Crippen molar-refractivity contribution in [1.82, 2.24) is 0 Å². The van der Waals surface area contributed by atoms with Gasteiger partial charge in [0, 0.05) is 16.3 Å². The molecule has 0 spiro atoms. The van der Waals surface area contributed by atoms with Crippen molar-refractivity contribution in [3.63, 3.8) is 0 Å². The smallest absolute Gasteiger partial charge is 0.266 e. The van der Waals surface area contributed by atoms with Crippen LogP contribution in [0.25, 0.3) is 6.08 Å². The molecule has 0 aliphatic carbocycles. The second-order valence-corrected chi connectivity index (χ2v) is 7.50. The molecule has 0 aromatic heterocycles. The van der Waals surface area contributed by atoms with E-state index in [0.29, 0.717) is 33.1 Å². The molecule has 2 N–H and O–H groups in total. The van der Waals surface area contributed by atoms with E-state index in [2.05, 4.69) is 21.2 Å². The summed E-state index contributed by atoms with van der Waals surface area (Å²) in [7, 11) is 0. The number of nitrogens with one attached hydrogen (secondary N) is 1. The average molecular weight is 484 g/mol. The molecular formula is C23H16BrClN2O3. The molecule has 1 amide bonds. The Hall–Kier alpha value is -3.27. The maximum absolute atomic E-state index is 12.4. The maximum atomic E-state index is 12.4. The number of phenols is 1. The lowest BCUT2D eigenvalue weighted by atomic mass is 10.1. The monoisotopic (exact) mass is 482 g/mol. The van der Waals surface area contributed by atoms with Gasteiger partial charge in [0.2, 0.25) is 0 Å². The second kappa shape index (κ2) is 9.97. The normalized spacial score (nSPS) is 10.9. The number of ether oxygens (including phenoxy) is 1. The van der Waals surface area contributed by atoms with Gasteiger partial charge in [0.1, 0.15) is 29.7 Å². The first-order chi connectivity index (χ1) is 14.5. The summed E-state index contributed by atoms with van der Waals surface area (Å²) in [4.78, 5) is 12.4. The molecule has 0 bridgehead atoms. The molecule has 3 aromatic carbocycles. The molecule has 3 rings (SSSR count). The Kier molecular flexibility index (Phi) is 7.12. The summed E-state index contributed by atoms with van der Waals surface area (Å²) < 4.78 is 6.49. The van der Waals surface area contributed by atoms with Gasteiger partial charge in [-0.15, -0.1) is 0 Å². The summed E-state index contributed by atoms with van der Waals surface area (Å²) >= 11 is 9.60. The number of nitrogens with zero attached hydrogens (tertiary/aromatic N) is 1. The highest BCUT2D eigenvalue weighted by Crippen LogP contribution is 2.28. The van der Waals surface area contributed by atoms with Crippen LogP contribution >= 0.6 is 27.5 Å². The van der Waals surface area contributed by atoms with E-state index in [-0.39, 0.29) is 11.3 Å². The van der Waals surface area contributed by atoms with E-state index in [0.717, 1.165) is 5.56 Å². The summed E-state index contributed by atoms with van der Waals surface area (Å²) in [6.45, 7) is 0.311.